The molecule has 4 nitrogen and oxygen atoms in total. The van der Waals surface area contributed by atoms with E-state index in [-0.39, 0.29) is 0 Å². The van der Waals surface area contributed by atoms with E-state index in [1.807, 2.05) is 0 Å². The van der Waals surface area contributed by atoms with Crippen LogP contribution in [0, 0.1) is 11.8 Å². The SMILES string of the molecule is CCN(CC(=O)N1CCC(C2CCOCC2)CC1)C1CC1. The predicted octanol–water partition coefficient (Wildman–Crippen LogP) is 2.14. The highest BCUT2D eigenvalue weighted by molar-refractivity contribution is 5.78. The molecule has 4 heteroatoms. The number of nitrogens with zero attached hydrogens (tertiary/aromatic N) is 2. The summed E-state index contributed by atoms with van der Waals surface area (Å²) < 4.78 is 5.46. The van der Waals surface area contributed by atoms with Crippen LogP contribution in [0.4, 0.5) is 0 Å². The number of likely N-dealkylation sites (tertiary alicyclic amines) is 1. The standard InChI is InChI=1S/C17H30N2O2/c1-2-18(16-3-4-16)13-17(20)19-9-5-14(6-10-19)15-7-11-21-12-8-15/h14-16H,2-13H2,1H3. The zero-order valence-electron chi connectivity index (χ0n) is 13.4. The molecular formula is C17H30N2O2. The molecule has 2 heterocycles. The van der Waals surface area contributed by atoms with E-state index >= 15 is 0 Å². The highest BCUT2D eigenvalue weighted by Crippen LogP contribution is 2.32. The molecule has 0 aromatic heterocycles. The molecule has 0 spiro atoms. The molecule has 2 aliphatic heterocycles. The summed E-state index contributed by atoms with van der Waals surface area (Å²) in [6.07, 6.45) is 7.42. The molecule has 0 radical (unpaired) electrons. The fourth-order valence-electron chi connectivity index (χ4n) is 4.02. The third-order valence-electron chi connectivity index (χ3n) is 5.63. The number of carbonyl (C=O) groups excluding carboxylic acids is 1. The molecule has 120 valence electrons. The third-order valence-corrected chi connectivity index (χ3v) is 5.63. The first-order valence-corrected chi connectivity index (χ1v) is 8.87. The number of rotatable bonds is 5. The van der Waals surface area contributed by atoms with Gasteiger partial charge in [0.2, 0.25) is 5.91 Å². The number of amides is 1. The second-order valence-electron chi connectivity index (χ2n) is 6.96. The zero-order chi connectivity index (χ0) is 14.7. The minimum Gasteiger partial charge on any atom is -0.381 e. The minimum absolute atomic E-state index is 0.356. The Kier molecular flexibility index (Phi) is 5.17. The molecule has 1 aliphatic carbocycles. The van der Waals surface area contributed by atoms with Crippen molar-refractivity contribution in [3.05, 3.63) is 0 Å². The van der Waals surface area contributed by atoms with Crippen molar-refractivity contribution >= 4 is 5.91 Å². The fraction of sp³-hybridized carbons (Fsp3) is 0.941. The molecule has 0 N–H and O–H groups in total. The van der Waals surface area contributed by atoms with Gasteiger partial charge in [-0.3, -0.25) is 9.69 Å². The number of likely N-dealkylation sites (N-methyl/N-ethyl adjacent to an activating group) is 1. The van der Waals surface area contributed by atoms with Gasteiger partial charge in [-0.05, 0) is 56.9 Å². The first kappa shape index (κ1) is 15.3. The summed E-state index contributed by atoms with van der Waals surface area (Å²) in [5.41, 5.74) is 0. The lowest BCUT2D eigenvalue weighted by molar-refractivity contribution is -0.134. The Labute approximate surface area is 128 Å². The van der Waals surface area contributed by atoms with Crippen LogP contribution in [0.2, 0.25) is 0 Å². The van der Waals surface area contributed by atoms with E-state index in [1.54, 1.807) is 0 Å². The van der Waals surface area contributed by atoms with Crippen molar-refractivity contribution in [1.82, 2.24) is 9.80 Å². The highest BCUT2D eigenvalue weighted by atomic mass is 16.5. The Bertz CT molecular complexity index is 343. The summed E-state index contributed by atoms with van der Waals surface area (Å²) >= 11 is 0. The number of hydrogen-bond donors (Lipinski definition) is 0. The van der Waals surface area contributed by atoms with Crippen LogP contribution >= 0.6 is 0 Å². The van der Waals surface area contributed by atoms with Crippen molar-refractivity contribution in [2.75, 3.05) is 39.4 Å². The smallest absolute Gasteiger partial charge is 0.236 e. The predicted molar refractivity (Wildman–Crippen MR) is 83.1 cm³/mol. The van der Waals surface area contributed by atoms with E-state index in [4.69, 9.17) is 4.74 Å². The second-order valence-corrected chi connectivity index (χ2v) is 6.96. The van der Waals surface area contributed by atoms with Crippen molar-refractivity contribution < 1.29 is 9.53 Å². The average Bonchev–Trinajstić information content (AvgIpc) is 3.38. The number of ether oxygens (including phenoxy) is 1. The van der Waals surface area contributed by atoms with Crippen LogP contribution in [0.5, 0.6) is 0 Å². The van der Waals surface area contributed by atoms with Gasteiger partial charge in [-0.15, -0.1) is 0 Å². The monoisotopic (exact) mass is 294 g/mol. The Balaban J connectivity index is 1.42. The van der Waals surface area contributed by atoms with Gasteiger partial charge in [-0.25, -0.2) is 0 Å². The lowest BCUT2D eigenvalue weighted by Crippen LogP contribution is -2.45. The molecule has 3 aliphatic rings. The maximum Gasteiger partial charge on any atom is 0.236 e. The topological polar surface area (TPSA) is 32.8 Å². The van der Waals surface area contributed by atoms with E-state index in [9.17, 15) is 4.79 Å². The summed E-state index contributed by atoms with van der Waals surface area (Å²) in [6.45, 7) is 7.65. The lowest BCUT2D eigenvalue weighted by atomic mass is 9.80. The van der Waals surface area contributed by atoms with Crippen LogP contribution in [-0.4, -0.2) is 61.1 Å². The molecule has 0 bridgehead atoms. The lowest BCUT2D eigenvalue weighted by Gasteiger charge is -2.38. The molecule has 0 aromatic carbocycles. The van der Waals surface area contributed by atoms with E-state index in [1.165, 1.54) is 38.5 Å². The highest BCUT2D eigenvalue weighted by Gasteiger charge is 2.32. The number of piperidine rings is 1. The van der Waals surface area contributed by atoms with Gasteiger partial charge >= 0.3 is 0 Å². The molecule has 3 rings (SSSR count). The zero-order valence-corrected chi connectivity index (χ0v) is 13.4. The largest absolute Gasteiger partial charge is 0.381 e. The fourth-order valence-corrected chi connectivity index (χ4v) is 4.02. The quantitative estimate of drug-likeness (QED) is 0.779. The Morgan fingerprint density at radius 3 is 2.24 bits per heavy atom. The number of carbonyl (C=O) groups is 1. The van der Waals surface area contributed by atoms with Gasteiger partial charge in [0.05, 0.1) is 6.54 Å². The van der Waals surface area contributed by atoms with E-state index in [0.29, 0.717) is 18.5 Å². The van der Waals surface area contributed by atoms with Gasteiger partial charge in [0.25, 0.3) is 0 Å². The van der Waals surface area contributed by atoms with Crippen molar-refractivity contribution in [1.29, 1.82) is 0 Å². The number of hydrogen-bond acceptors (Lipinski definition) is 3. The molecule has 2 saturated heterocycles. The summed E-state index contributed by atoms with van der Waals surface area (Å²) in [5, 5.41) is 0. The van der Waals surface area contributed by atoms with Crippen LogP contribution in [0.25, 0.3) is 0 Å². The first-order chi connectivity index (χ1) is 10.3. The molecule has 0 atom stereocenters. The Hall–Kier alpha value is -0.610. The van der Waals surface area contributed by atoms with Crippen LogP contribution < -0.4 is 0 Å². The van der Waals surface area contributed by atoms with E-state index in [2.05, 4.69) is 16.7 Å². The summed E-state index contributed by atoms with van der Waals surface area (Å²) in [5.74, 6) is 2.02. The molecule has 0 unspecified atom stereocenters. The van der Waals surface area contributed by atoms with Crippen LogP contribution in [0.1, 0.15) is 45.4 Å². The molecule has 1 amide bonds. The van der Waals surface area contributed by atoms with E-state index < -0.39 is 0 Å². The Morgan fingerprint density at radius 2 is 1.67 bits per heavy atom. The Morgan fingerprint density at radius 1 is 1.05 bits per heavy atom. The van der Waals surface area contributed by atoms with Crippen LogP contribution in [0.15, 0.2) is 0 Å². The first-order valence-electron chi connectivity index (χ1n) is 8.87. The minimum atomic E-state index is 0.356. The van der Waals surface area contributed by atoms with Crippen molar-refractivity contribution in [2.24, 2.45) is 11.8 Å². The van der Waals surface area contributed by atoms with Crippen molar-refractivity contribution in [3.63, 3.8) is 0 Å². The molecule has 3 fully saturated rings. The maximum absolute atomic E-state index is 12.4. The summed E-state index contributed by atoms with van der Waals surface area (Å²) in [6, 6.07) is 0.693. The van der Waals surface area contributed by atoms with Crippen LogP contribution in [0.3, 0.4) is 0 Å². The van der Waals surface area contributed by atoms with E-state index in [0.717, 1.165) is 44.7 Å². The van der Waals surface area contributed by atoms with Crippen molar-refractivity contribution in [2.45, 2.75) is 51.5 Å². The third kappa shape index (κ3) is 3.98. The summed E-state index contributed by atoms with van der Waals surface area (Å²) in [7, 11) is 0. The molecule has 21 heavy (non-hydrogen) atoms. The van der Waals surface area contributed by atoms with Gasteiger partial charge in [-0.1, -0.05) is 6.92 Å². The van der Waals surface area contributed by atoms with Crippen molar-refractivity contribution in [3.8, 4) is 0 Å². The maximum atomic E-state index is 12.4. The average molecular weight is 294 g/mol. The molecule has 0 aromatic rings. The van der Waals surface area contributed by atoms with Gasteiger partial charge in [0.15, 0.2) is 0 Å². The molecule has 1 saturated carbocycles. The normalized spacial score (nSPS) is 25.5. The van der Waals surface area contributed by atoms with Gasteiger partial charge in [0.1, 0.15) is 0 Å². The second kappa shape index (κ2) is 7.10. The van der Waals surface area contributed by atoms with Gasteiger partial charge in [-0.2, -0.15) is 0 Å². The van der Waals surface area contributed by atoms with Gasteiger partial charge < -0.3 is 9.64 Å². The van der Waals surface area contributed by atoms with Gasteiger partial charge in [0, 0.05) is 32.3 Å². The molecular weight excluding hydrogens is 264 g/mol. The summed E-state index contributed by atoms with van der Waals surface area (Å²) in [4.78, 5) is 16.9. The van der Waals surface area contributed by atoms with Crippen LogP contribution in [-0.2, 0) is 9.53 Å².